The molecule has 2 N–H and O–H groups in total. The summed E-state index contributed by atoms with van der Waals surface area (Å²) >= 11 is 0. The van der Waals surface area contributed by atoms with Crippen molar-refractivity contribution in [2.45, 2.75) is 18.9 Å². The second kappa shape index (κ2) is 4.99. The molecule has 1 heterocycles. The molecular weight excluding hydrogens is 252 g/mol. The SMILES string of the molecule is CS(=O)(=O)CCS(=O)(=O)N1CCC[C@@H](N)C1. The highest BCUT2D eigenvalue weighted by Gasteiger charge is 2.27. The van der Waals surface area contributed by atoms with Crippen LogP contribution in [0.2, 0.25) is 0 Å². The molecule has 6 nitrogen and oxygen atoms in total. The first-order chi connectivity index (χ1) is 7.21. The number of rotatable bonds is 4. The summed E-state index contributed by atoms with van der Waals surface area (Å²) in [6, 6.07) is -0.137. The van der Waals surface area contributed by atoms with E-state index >= 15 is 0 Å². The second-order valence-corrected chi connectivity index (χ2v) is 8.55. The summed E-state index contributed by atoms with van der Waals surface area (Å²) in [5, 5.41) is 0. The normalized spacial score (nSPS) is 24.5. The van der Waals surface area contributed by atoms with Crippen LogP contribution >= 0.6 is 0 Å². The third-order valence-electron chi connectivity index (χ3n) is 2.53. The largest absolute Gasteiger partial charge is 0.327 e. The van der Waals surface area contributed by atoms with E-state index in [1.807, 2.05) is 0 Å². The Balaban J connectivity index is 2.63. The van der Waals surface area contributed by atoms with Crippen molar-refractivity contribution in [1.29, 1.82) is 0 Å². The fourth-order valence-corrected chi connectivity index (χ4v) is 4.75. The Morgan fingerprint density at radius 3 is 2.38 bits per heavy atom. The molecule has 1 aliphatic rings. The standard InChI is InChI=1S/C8H18N2O4S2/c1-15(11,12)5-6-16(13,14)10-4-2-3-8(9)7-10/h8H,2-7,9H2,1H3/t8-/m1/s1. The van der Waals surface area contributed by atoms with Gasteiger partial charge in [0.2, 0.25) is 10.0 Å². The lowest BCUT2D eigenvalue weighted by atomic mass is 10.1. The minimum Gasteiger partial charge on any atom is -0.327 e. The molecule has 8 heteroatoms. The zero-order chi connectivity index (χ0) is 12.4. The van der Waals surface area contributed by atoms with Crippen molar-refractivity contribution in [3.05, 3.63) is 0 Å². The molecule has 1 aliphatic heterocycles. The Labute approximate surface area is 96.8 Å². The van der Waals surface area contributed by atoms with E-state index in [2.05, 4.69) is 0 Å². The summed E-state index contributed by atoms with van der Waals surface area (Å²) in [4.78, 5) is 0. The van der Waals surface area contributed by atoms with Crippen molar-refractivity contribution in [1.82, 2.24) is 4.31 Å². The van der Waals surface area contributed by atoms with Gasteiger partial charge in [0.05, 0.1) is 11.5 Å². The summed E-state index contributed by atoms with van der Waals surface area (Å²) in [5.74, 6) is -0.681. The minimum absolute atomic E-state index is 0.137. The number of hydrogen-bond acceptors (Lipinski definition) is 5. The highest BCUT2D eigenvalue weighted by Crippen LogP contribution is 2.13. The molecule has 1 saturated heterocycles. The molecule has 96 valence electrons. The van der Waals surface area contributed by atoms with Crippen LogP contribution in [0.25, 0.3) is 0 Å². The summed E-state index contributed by atoms with van der Waals surface area (Å²) in [6.45, 7) is 0.742. The van der Waals surface area contributed by atoms with Crippen LogP contribution in [0, 0.1) is 0 Å². The Kier molecular flexibility index (Phi) is 4.33. The summed E-state index contributed by atoms with van der Waals surface area (Å²) in [7, 11) is -6.72. The molecule has 0 bridgehead atoms. The molecule has 0 amide bonds. The van der Waals surface area contributed by atoms with Crippen LogP contribution in [0.3, 0.4) is 0 Å². The zero-order valence-corrected chi connectivity index (χ0v) is 10.9. The summed E-state index contributed by atoms with van der Waals surface area (Å²) < 4.78 is 46.7. The van der Waals surface area contributed by atoms with Crippen LogP contribution in [0.1, 0.15) is 12.8 Å². The third kappa shape index (κ3) is 4.36. The lowest BCUT2D eigenvalue weighted by molar-refractivity contribution is 0.316. The number of nitrogens with two attached hydrogens (primary N) is 1. The van der Waals surface area contributed by atoms with Crippen molar-refractivity contribution in [3.8, 4) is 0 Å². The van der Waals surface area contributed by atoms with Crippen molar-refractivity contribution in [2.75, 3.05) is 30.9 Å². The van der Waals surface area contributed by atoms with E-state index in [4.69, 9.17) is 5.73 Å². The minimum atomic E-state index is -3.48. The Morgan fingerprint density at radius 2 is 1.88 bits per heavy atom. The molecule has 16 heavy (non-hydrogen) atoms. The maximum absolute atomic E-state index is 11.8. The van der Waals surface area contributed by atoms with Gasteiger partial charge in [-0.3, -0.25) is 0 Å². The highest BCUT2D eigenvalue weighted by atomic mass is 32.2. The van der Waals surface area contributed by atoms with Crippen molar-refractivity contribution >= 4 is 19.9 Å². The quantitative estimate of drug-likeness (QED) is 0.691. The van der Waals surface area contributed by atoms with Gasteiger partial charge in [-0.15, -0.1) is 0 Å². The fraction of sp³-hybridized carbons (Fsp3) is 1.00. The van der Waals surface area contributed by atoms with E-state index in [1.165, 1.54) is 4.31 Å². The molecule has 0 aromatic heterocycles. The monoisotopic (exact) mass is 270 g/mol. The van der Waals surface area contributed by atoms with Gasteiger partial charge in [-0.1, -0.05) is 0 Å². The topological polar surface area (TPSA) is 97.5 Å². The lowest BCUT2D eigenvalue weighted by Gasteiger charge is -2.29. The van der Waals surface area contributed by atoms with Gasteiger partial charge in [0.25, 0.3) is 0 Å². The maximum atomic E-state index is 11.8. The number of sulfonamides is 1. The van der Waals surface area contributed by atoms with Crippen molar-refractivity contribution in [3.63, 3.8) is 0 Å². The van der Waals surface area contributed by atoms with E-state index in [0.29, 0.717) is 13.1 Å². The van der Waals surface area contributed by atoms with E-state index in [9.17, 15) is 16.8 Å². The van der Waals surface area contributed by atoms with Crippen LogP contribution < -0.4 is 5.73 Å². The first kappa shape index (κ1) is 13.9. The lowest BCUT2D eigenvalue weighted by Crippen LogP contribution is -2.47. The van der Waals surface area contributed by atoms with Gasteiger partial charge in [0.1, 0.15) is 9.84 Å². The van der Waals surface area contributed by atoms with E-state index in [1.54, 1.807) is 0 Å². The zero-order valence-electron chi connectivity index (χ0n) is 9.29. The third-order valence-corrected chi connectivity index (χ3v) is 5.57. The first-order valence-electron chi connectivity index (χ1n) is 5.12. The average molecular weight is 270 g/mol. The Hall–Kier alpha value is -0.180. The van der Waals surface area contributed by atoms with Gasteiger partial charge in [-0.2, -0.15) is 0 Å². The molecule has 0 aromatic carbocycles. The highest BCUT2D eigenvalue weighted by molar-refractivity contribution is 7.93. The first-order valence-corrected chi connectivity index (χ1v) is 8.79. The number of piperidine rings is 1. The Bertz CT molecular complexity index is 429. The maximum Gasteiger partial charge on any atom is 0.215 e. The van der Waals surface area contributed by atoms with Crippen LogP contribution in [0.15, 0.2) is 0 Å². The number of nitrogens with zero attached hydrogens (tertiary/aromatic N) is 1. The predicted octanol–water partition coefficient (Wildman–Crippen LogP) is -1.22. The van der Waals surface area contributed by atoms with Gasteiger partial charge in [-0.05, 0) is 12.8 Å². The molecule has 0 spiro atoms. The van der Waals surface area contributed by atoms with Crippen molar-refractivity contribution < 1.29 is 16.8 Å². The van der Waals surface area contributed by atoms with Crippen LogP contribution in [-0.2, 0) is 19.9 Å². The van der Waals surface area contributed by atoms with Gasteiger partial charge < -0.3 is 5.73 Å². The fourth-order valence-electron chi connectivity index (χ4n) is 1.61. The molecule has 1 rings (SSSR count). The second-order valence-electron chi connectivity index (χ2n) is 4.21. The molecule has 0 radical (unpaired) electrons. The van der Waals surface area contributed by atoms with Crippen molar-refractivity contribution in [2.24, 2.45) is 5.73 Å². The number of hydrogen-bond donors (Lipinski definition) is 1. The smallest absolute Gasteiger partial charge is 0.215 e. The Morgan fingerprint density at radius 1 is 1.25 bits per heavy atom. The predicted molar refractivity (Wildman–Crippen MR) is 62.3 cm³/mol. The molecule has 0 unspecified atom stereocenters. The van der Waals surface area contributed by atoms with E-state index in [0.717, 1.165) is 19.1 Å². The summed E-state index contributed by atoms with van der Waals surface area (Å²) in [5.41, 5.74) is 5.68. The average Bonchev–Trinajstić information content (AvgIpc) is 2.14. The molecule has 1 fully saturated rings. The number of sulfone groups is 1. The summed E-state index contributed by atoms with van der Waals surface area (Å²) in [6.07, 6.45) is 2.59. The van der Waals surface area contributed by atoms with Crippen LogP contribution in [-0.4, -0.2) is 58.0 Å². The molecule has 1 atom stereocenters. The molecule has 0 aromatic rings. The van der Waals surface area contributed by atoms with Gasteiger partial charge >= 0.3 is 0 Å². The van der Waals surface area contributed by atoms with E-state index < -0.39 is 19.9 Å². The molecular formula is C8H18N2O4S2. The van der Waals surface area contributed by atoms with E-state index in [-0.39, 0.29) is 17.5 Å². The molecule has 0 aliphatic carbocycles. The van der Waals surface area contributed by atoms with Crippen LogP contribution in [0.5, 0.6) is 0 Å². The van der Waals surface area contributed by atoms with Gasteiger partial charge in [0, 0.05) is 25.4 Å². The van der Waals surface area contributed by atoms with Gasteiger partial charge in [0.15, 0.2) is 0 Å². The van der Waals surface area contributed by atoms with Gasteiger partial charge in [-0.25, -0.2) is 21.1 Å². The van der Waals surface area contributed by atoms with Crippen LogP contribution in [0.4, 0.5) is 0 Å². The molecule has 0 saturated carbocycles.